The van der Waals surface area contributed by atoms with Gasteiger partial charge in [0.05, 0.1) is 7.11 Å². The van der Waals surface area contributed by atoms with E-state index in [2.05, 4.69) is 20.1 Å². The second-order valence-electron chi connectivity index (χ2n) is 4.85. The van der Waals surface area contributed by atoms with Crippen molar-refractivity contribution in [2.75, 3.05) is 7.11 Å². The van der Waals surface area contributed by atoms with E-state index in [9.17, 15) is 0 Å². The van der Waals surface area contributed by atoms with Gasteiger partial charge >= 0.3 is 0 Å². The van der Waals surface area contributed by atoms with Gasteiger partial charge in [0.15, 0.2) is 0 Å². The van der Waals surface area contributed by atoms with E-state index in [1.807, 2.05) is 0 Å². The molecule has 2 aromatic rings. The van der Waals surface area contributed by atoms with Crippen LogP contribution in [0.4, 0.5) is 0 Å². The minimum atomic E-state index is -0.173. The van der Waals surface area contributed by atoms with Gasteiger partial charge < -0.3 is 15.0 Å². The van der Waals surface area contributed by atoms with Crippen LogP contribution in [-0.4, -0.2) is 32.8 Å². The van der Waals surface area contributed by atoms with Crippen molar-refractivity contribution in [1.82, 2.24) is 20.1 Å². The van der Waals surface area contributed by atoms with Crippen LogP contribution in [-0.2, 0) is 6.42 Å². The van der Waals surface area contributed by atoms with Gasteiger partial charge in [-0.25, -0.2) is 9.97 Å². The first kappa shape index (κ1) is 12.0. The highest BCUT2D eigenvalue weighted by Crippen LogP contribution is 2.32. The van der Waals surface area contributed by atoms with Gasteiger partial charge in [0.25, 0.3) is 0 Å². The molecular weight excluding hydrogens is 246 g/mol. The lowest BCUT2D eigenvalue weighted by Crippen LogP contribution is -2.48. The molecule has 0 unspecified atom stereocenters. The Balaban J connectivity index is 1.80. The lowest BCUT2D eigenvalue weighted by Gasteiger charge is -2.36. The quantitative estimate of drug-likeness (QED) is 0.874. The van der Waals surface area contributed by atoms with Gasteiger partial charge in [-0.2, -0.15) is 4.98 Å². The molecule has 1 aliphatic rings. The van der Waals surface area contributed by atoms with E-state index in [1.165, 1.54) is 12.7 Å². The molecule has 1 fully saturated rings. The summed E-state index contributed by atoms with van der Waals surface area (Å²) in [7, 11) is 1.54. The summed E-state index contributed by atoms with van der Waals surface area (Å²) in [6, 6.07) is 1.66. The molecule has 7 heteroatoms. The third kappa shape index (κ3) is 2.41. The van der Waals surface area contributed by atoms with E-state index >= 15 is 0 Å². The fourth-order valence-electron chi connectivity index (χ4n) is 2.11. The van der Waals surface area contributed by atoms with Crippen LogP contribution >= 0.6 is 0 Å². The monoisotopic (exact) mass is 261 g/mol. The largest absolute Gasteiger partial charge is 0.481 e. The lowest BCUT2D eigenvalue weighted by molar-refractivity contribution is 0.222. The van der Waals surface area contributed by atoms with Crippen molar-refractivity contribution in [2.24, 2.45) is 5.73 Å². The first-order chi connectivity index (χ1) is 9.18. The summed E-state index contributed by atoms with van der Waals surface area (Å²) in [5, 5.41) is 3.92. The number of nitrogens with zero attached hydrogens (tertiary/aromatic N) is 4. The average Bonchev–Trinajstić information content (AvgIpc) is 2.85. The highest BCUT2D eigenvalue weighted by molar-refractivity contribution is 5.49. The van der Waals surface area contributed by atoms with Crippen LogP contribution < -0.4 is 10.5 Å². The summed E-state index contributed by atoms with van der Waals surface area (Å²) >= 11 is 0. The van der Waals surface area contributed by atoms with Gasteiger partial charge in [-0.05, 0) is 19.3 Å². The van der Waals surface area contributed by atoms with Crippen molar-refractivity contribution >= 4 is 0 Å². The Bertz CT molecular complexity index is 579. The van der Waals surface area contributed by atoms with Crippen molar-refractivity contribution in [2.45, 2.75) is 31.2 Å². The molecule has 2 heterocycles. The zero-order chi connectivity index (χ0) is 13.3. The summed E-state index contributed by atoms with van der Waals surface area (Å²) in [5.41, 5.74) is 6.55. The van der Waals surface area contributed by atoms with E-state index in [0.29, 0.717) is 29.7 Å². The molecule has 0 bridgehead atoms. The zero-order valence-electron chi connectivity index (χ0n) is 10.7. The second kappa shape index (κ2) is 4.58. The Morgan fingerprint density at radius 3 is 2.95 bits per heavy atom. The van der Waals surface area contributed by atoms with Gasteiger partial charge in [0.1, 0.15) is 12.0 Å². The van der Waals surface area contributed by atoms with Crippen LogP contribution in [0.1, 0.15) is 25.2 Å². The maximum atomic E-state index is 6.16. The number of methoxy groups -OCH3 is 1. The Morgan fingerprint density at radius 1 is 1.42 bits per heavy atom. The van der Waals surface area contributed by atoms with E-state index in [-0.39, 0.29) is 5.54 Å². The number of ether oxygens (including phenoxy) is 1. The summed E-state index contributed by atoms with van der Waals surface area (Å²) in [4.78, 5) is 12.3. The molecule has 7 nitrogen and oxygen atoms in total. The van der Waals surface area contributed by atoms with Crippen LogP contribution in [0.3, 0.4) is 0 Å². The molecule has 1 aliphatic carbocycles. The van der Waals surface area contributed by atoms with Gasteiger partial charge in [-0.15, -0.1) is 0 Å². The molecule has 19 heavy (non-hydrogen) atoms. The number of aromatic nitrogens is 4. The second-order valence-corrected chi connectivity index (χ2v) is 4.85. The molecule has 0 radical (unpaired) electrons. The molecule has 0 saturated heterocycles. The Morgan fingerprint density at radius 2 is 2.26 bits per heavy atom. The number of nitrogens with two attached hydrogens (primary N) is 1. The normalized spacial score (nSPS) is 16.9. The SMILES string of the molecule is COc1cc(-c2noc(CC3(N)CCC3)n2)ncn1. The van der Waals surface area contributed by atoms with E-state index in [4.69, 9.17) is 15.0 Å². The van der Waals surface area contributed by atoms with Gasteiger partial charge in [-0.3, -0.25) is 0 Å². The van der Waals surface area contributed by atoms with Crippen LogP contribution in [0.5, 0.6) is 5.88 Å². The molecule has 100 valence electrons. The molecule has 2 N–H and O–H groups in total. The number of rotatable bonds is 4. The number of hydrogen-bond donors (Lipinski definition) is 1. The minimum absolute atomic E-state index is 0.173. The van der Waals surface area contributed by atoms with Gasteiger partial charge in [0.2, 0.25) is 17.6 Å². The molecule has 0 atom stereocenters. The molecule has 1 saturated carbocycles. The van der Waals surface area contributed by atoms with Crippen molar-refractivity contribution < 1.29 is 9.26 Å². The van der Waals surface area contributed by atoms with Crippen molar-refractivity contribution in [3.8, 4) is 17.4 Å². The molecule has 0 amide bonds. The van der Waals surface area contributed by atoms with E-state index < -0.39 is 0 Å². The van der Waals surface area contributed by atoms with E-state index in [1.54, 1.807) is 13.2 Å². The van der Waals surface area contributed by atoms with Crippen LogP contribution in [0.25, 0.3) is 11.5 Å². The van der Waals surface area contributed by atoms with Crippen LogP contribution in [0.2, 0.25) is 0 Å². The summed E-state index contributed by atoms with van der Waals surface area (Å²) in [6.07, 6.45) is 5.20. The first-order valence-corrected chi connectivity index (χ1v) is 6.16. The highest BCUT2D eigenvalue weighted by atomic mass is 16.5. The molecule has 0 spiro atoms. The van der Waals surface area contributed by atoms with Gasteiger partial charge in [0, 0.05) is 18.0 Å². The van der Waals surface area contributed by atoms with Crippen molar-refractivity contribution in [3.05, 3.63) is 18.3 Å². The first-order valence-electron chi connectivity index (χ1n) is 6.16. The number of hydrogen-bond acceptors (Lipinski definition) is 7. The van der Waals surface area contributed by atoms with Gasteiger partial charge in [-0.1, -0.05) is 5.16 Å². The Hall–Kier alpha value is -2.02. The maximum Gasteiger partial charge on any atom is 0.228 e. The maximum absolute atomic E-state index is 6.16. The third-order valence-corrected chi connectivity index (χ3v) is 3.40. The van der Waals surface area contributed by atoms with Crippen LogP contribution in [0.15, 0.2) is 16.9 Å². The molecule has 0 aliphatic heterocycles. The summed E-state index contributed by atoms with van der Waals surface area (Å²) in [5.74, 6) is 1.44. The lowest BCUT2D eigenvalue weighted by atomic mass is 9.75. The molecule has 2 aromatic heterocycles. The fourth-order valence-corrected chi connectivity index (χ4v) is 2.11. The Labute approximate surface area is 110 Å². The zero-order valence-corrected chi connectivity index (χ0v) is 10.7. The standard InChI is InChI=1S/C12H15N5O2/c1-18-9-5-8(14-7-15-9)11-16-10(19-17-11)6-12(13)3-2-4-12/h5,7H,2-4,6,13H2,1H3. The Kier molecular flexibility index (Phi) is 2.90. The topological polar surface area (TPSA) is 100.0 Å². The molecule has 0 aromatic carbocycles. The fraction of sp³-hybridized carbons (Fsp3) is 0.500. The van der Waals surface area contributed by atoms with Crippen LogP contribution in [0, 0.1) is 0 Å². The molecular formula is C12H15N5O2. The minimum Gasteiger partial charge on any atom is -0.481 e. The van der Waals surface area contributed by atoms with Crippen molar-refractivity contribution in [3.63, 3.8) is 0 Å². The highest BCUT2D eigenvalue weighted by Gasteiger charge is 2.34. The van der Waals surface area contributed by atoms with E-state index in [0.717, 1.165) is 12.8 Å². The average molecular weight is 261 g/mol. The summed E-state index contributed by atoms with van der Waals surface area (Å²) < 4.78 is 10.3. The summed E-state index contributed by atoms with van der Waals surface area (Å²) in [6.45, 7) is 0. The predicted molar refractivity (Wildman–Crippen MR) is 66.3 cm³/mol. The smallest absolute Gasteiger partial charge is 0.228 e. The molecule has 3 rings (SSSR count). The van der Waals surface area contributed by atoms with Crippen molar-refractivity contribution in [1.29, 1.82) is 0 Å². The predicted octanol–water partition coefficient (Wildman–Crippen LogP) is 0.959. The third-order valence-electron chi connectivity index (χ3n) is 3.40.